The first-order valence-corrected chi connectivity index (χ1v) is 8.53. The van der Waals surface area contributed by atoms with E-state index in [9.17, 15) is 14.4 Å². The topological polar surface area (TPSA) is 123 Å². The van der Waals surface area contributed by atoms with Gasteiger partial charge in [0.2, 0.25) is 5.91 Å². The van der Waals surface area contributed by atoms with E-state index in [1.54, 1.807) is 48.7 Å². The van der Waals surface area contributed by atoms with Crippen LogP contribution in [0.1, 0.15) is 6.92 Å². The van der Waals surface area contributed by atoms with Crippen molar-refractivity contribution < 1.29 is 23.5 Å². The minimum absolute atomic E-state index is 0.242. The van der Waals surface area contributed by atoms with Crippen molar-refractivity contribution in [3.63, 3.8) is 0 Å². The Morgan fingerprint density at radius 2 is 1.59 bits per heavy atom. The summed E-state index contributed by atoms with van der Waals surface area (Å²) < 4.78 is 10.6. The first-order valence-electron chi connectivity index (χ1n) is 8.53. The van der Waals surface area contributed by atoms with E-state index < -0.39 is 11.8 Å². The van der Waals surface area contributed by atoms with E-state index in [4.69, 9.17) is 9.15 Å². The largest absolute Gasteiger partial charge is 0.496 e. The van der Waals surface area contributed by atoms with Crippen molar-refractivity contribution in [2.24, 2.45) is 0 Å². The van der Waals surface area contributed by atoms with Crippen LogP contribution in [0.4, 0.5) is 17.1 Å². The monoisotopic (exact) mass is 394 g/mol. The molecule has 0 radical (unpaired) electrons. The van der Waals surface area contributed by atoms with Crippen LogP contribution < -0.4 is 20.7 Å². The first-order chi connectivity index (χ1) is 14.0. The van der Waals surface area contributed by atoms with E-state index >= 15 is 0 Å². The van der Waals surface area contributed by atoms with Gasteiger partial charge in [-0.1, -0.05) is 6.07 Å². The van der Waals surface area contributed by atoms with Crippen molar-refractivity contribution in [2.45, 2.75) is 6.92 Å². The summed E-state index contributed by atoms with van der Waals surface area (Å²) in [6, 6.07) is 11.3. The van der Waals surface area contributed by atoms with Gasteiger partial charge in [-0.25, -0.2) is 4.98 Å². The Hall–Kier alpha value is -4.14. The lowest BCUT2D eigenvalue weighted by atomic mass is 10.1. The third-order valence-electron chi connectivity index (χ3n) is 3.80. The van der Waals surface area contributed by atoms with Gasteiger partial charge >= 0.3 is 11.8 Å². The highest BCUT2D eigenvalue weighted by Gasteiger charge is 2.16. The minimum Gasteiger partial charge on any atom is -0.496 e. The van der Waals surface area contributed by atoms with Gasteiger partial charge in [-0.05, 0) is 30.3 Å². The van der Waals surface area contributed by atoms with Crippen LogP contribution in [0.3, 0.4) is 0 Å². The zero-order valence-electron chi connectivity index (χ0n) is 15.7. The molecule has 148 valence electrons. The van der Waals surface area contributed by atoms with E-state index in [2.05, 4.69) is 20.9 Å². The maximum atomic E-state index is 12.2. The van der Waals surface area contributed by atoms with Crippen molar-refractivity contribution in [2.75, 3.05) is 23.1 Å². The summed E-state index contributed by atoms with van der Waals surface area (Å²) in [6.07, 6.45) is 2.84. The number of amides is 3. The molecule has 0 aliphatic carbocycles. The summed E-state index contributed by atoms with van der Waals surface area (Å²) in [5.74, 6) is -0.999. The maximum Gasteiger partial charge on any atom is 0.314 e. The van der Waals surface area contributed by atoms with Crippen molar-refractivity contribution in [1.82, 2.24) is 4.98 Å². The van der Waals surface area contributed by atoms with Crippen molar-refractivity contribution in [3.05, 3.63) is 55.1 Å². The molecule has 0 spiro atoms. The predicted molar refractivity (Wildman–Crippen MR) is 106 cm³/mol. The summed E-state index contributed by atoms with van der Waals surface area (Å²) in [7, 11) is 1.48. The van der Waals surface area contributed by atoms with Gasteiger partial charge < -0.3 is 25.1 Å². The van der Waals surface area contributed by atoms with E-state index in [0.29, 0.717) is 34.1 Å². The average molecular weight is 394 g/mol. The molecule has 1 heterocycles. The number of nitrogens with zero attached hydrogens (tertiary/aromatic N) is 1. The Labute approximate surface area is 166 Å². The Balaban J connectivity index is 1.68. The van der Waals surface area contributed by atoms with Crippen LogP contribution >= 0.6 is 0 Å². The van der Waals surface area contributed by atoms with E-state index in [1.165, 1.54) is 20.4 Å². The lowest BCUT2D eigenvalue weighted by Crippen LogP contribution is -2.29. The molecule has 0 aliphatic heterocycles. The maximum absolute atomic E-state index is 12.2. The van der Waals surface area contributed by atoms with Crippen molar-refractivity contribution in [1.29, 1.82) is 0 Å². The molecule has 3 amide bonds. The molecule has 2 aromatic carbocycles. The molecule has 9 heteroatoms. The van der Waals surface area contributed by atoms with Gasteiger partial charge in [0.15, 0.2) is 12.2 Å². The van der Waals surface area contributed by atoms with Crippen LogP contribution in [0.5, 0.6) is 5.75 Å². The highest BCUT2D eigenvalue weighted by atomic mass is 16.5. The first kappa shape index (κ1) is 19.6. The predicted octanol–water partition coefficient (Wildman–Crippen LogP) is 2.89. The summed E-state index contributed by atoms with van der Waals surface area (Å²) >= 11 is 0. The molecule has 3 aromatic rings. The number of hydrogen-bond donors (Lipinski definition) is 3. The highest BCUT2D eigenvalue weighted by Crippen LogP contribution is 2.32. The zero-order valence-corrected chi connectivity index (χ0v) is 15.7. The fraction of sp³-hybridized carbons (Fsp3) is 0.100. The molecule has 1 aromatic heterocycles. The third-order valence-corrected chi connectivity index (χ3v) is 3.80. The number of oxazole rings is 1. The molecular formula is C20H18N4O5. The van der Waals surface area contributed by atoms with Crippen LogP contribution in [0.15, 0.2) is 59.5 Å². The molecule has 3 rings (SSSR count). The number of aromatic nitrogens is 1. The number of ether oxygens (including phenoxy) is 1. The fourth-order valence-corrected chi connectivity index (χ4v) is 2.58. The molecule has 9 nitrogen and oxygen atoms in total. The van der Waals surface area contributed by atoms with Crippen LogP contribution in [0, 0.1) is 0 Å². The number of nitrogens with one attached hydrogen (secondary N) is 3. The Morgan fingerprint density at radius 3 is 2.17 bits per heavy atom. The molecule has 0 aliphatic rings. The van der Waals surface area contributed by atoms with E-state index in [-0.39, 0.29) is 5.91 Å². The number of hydrogen-bond acceptors (Lipinski definition) is 6. The summed E-state index contributed by atoms with van der Waals surface area (Å²) in [5.41, 5.74) is 1.90. The molecule has 29 heavy (non-hydrogen) atoms. The standard InChI is InChI=1S/C20H18N4O5/c1-12(25)22-13-4-3-5-14(8-13)23-19(26)20(27)24-15-6-7-16(17(9-15)28-2)18-10-21-11-29-18/h3-11H,1-2H3,(H,22,25)(H,23,26)(H,24,27). The molecule has 3 N–H and O–H groups in total. The van der Waals surface area contributed by atoms with Crippen LogP contribution in [0.25, 0.3) is 11.3 Å². The Morgan fingerprint density at radius 1 is 0.931 bits per heavy atom. The molecule has 0 saturated carbocycles. The van der Waals surface area contributed by atoms with Crippen LogP contribution in [-0.4, -0.2) is 29.8 Å². The summed E-state index contributed by atoms with van der Waals surface area (Å²) in [6.45, 7) is 1.38. The number of anilines is 3. The second kappa shape index (κ2) is 8.70. The molecule has 0 atom stereocenters. The lowest BCUT2D eigenvalue weighted by molar-refractivity contribution is -0.132. The van der Waals surface area contributed by atoms with Gasteiger partial charge in [0.05, 0.1) is 18.9 Å². The summed E-state index contributed by atoms with van der Waals surface area (Å²) in [5, 5.41) is 7.59. The summed E-state index contributed by atoms with van der Waals surface area (Å²) in [4.78, 5) is 39.4. The third kappa shape index (κ3) is 4.98. The van der Waals surface area contributed by atoms with Gasteiger partial charge in [0.25, 0.3) is 0 Å². The number of rotatable bonds is 5. The average Bonchev–Trinajstić information content (AvgIpc) is 3.22. The van der Waals surface area contributed by atoms with Gasteiger partial charge in [0, 0.05) is 30.1 Å². The minimum atomic E-state index is -0.858. The normalized spacial score (nSPS) is 10.1. The highest BCUT2D eigenvalue weighted by molar-refractivity contribution is 6.43. The van der Waals surface area contributed by atoms with Crippen LogP contribution in [0.2, 0.25) is 0 Å². The van der Waals surface area contributed by atoms with E-state index in [1.807, 2.05) is 0 Å². The molecule has 0 bridgehead atoms. The van der Waals surface area contributed by atoms with Gasteiger partial charge in [-0.15, -0.1) is 0 Å². The number of benzene rings is 2. The Kier molecular flexibility index (Phi) is 5.88. The number of carbonyl (C=O) groups is 3. The van der Waals surface area contributed by atoms with Crippen molar-refractivity contribution >= 4 is 34.8 Å². The van der Waals surface area contributed by atoms with E-state index in [0.717, 1.165) is 0 Å². The Bertz CT molecular complexity index is 1050. The quantitative estimate of drug-likeness (QED) is 0.572. The molecule has 0 unspecified atom stereocenters. The number of carbonyl (C=O) groups excluding carboxylic acids is 3. The van der Waals surface area contributed by atoms with Gasteiger partial charge in [-0.2, -0.15) is 0 Å². The number of methoxy groups -OCH3 is 1. The molecular weight excluding hydrogens is 376 g/mol. The smallest absolute Gasteiger partial charge is 0.314 e. The van der Waals surface area contributed by atoms with Gasteiger partial charge in [-0.3, -0.25) is 14.4 Å². The SMILES string of the molecule is COc1cc(NC(=O)C(=O)Nc2cccc(NC(C)=O)c2)ccc1-c1cnco1. The van der Waals surface area contributed by atoms with Crippen molar-refractivity contribution in [3.8, 4) is 17.1 Å². The van der Waals surface area contributed by atoms with Crippen LogP contribution in [-0.2, 0) is 14.4 Å². The molecule has 0 fully saturated rings. The zero-order chi connectivity index (χ0) is 20.8. The second-order valence-electron chi connectivity index (χ2n) is 5.95. The second-order valence-corrected chi connectivity index (χ2v) is 5.95. The van der Waals surface area contributed by atoms with Gasteiger partial charge in [0.1, 0.15) is 5.75 Å². The fourth-order valence-electron chi connectivity index (χ4n) is 2.58. The molecule has 0 saturated heterocycles. The lowest BCUT2D eigenvalue weighted by Gasteiger charge is -2.11.